The average Bonchev–Trinajstić information content (AvgIpc) is 2.87. The van der Waals surface area contributed by atoms with Gasteiger partial charge >= 0.3 is 5.97 Å². The first-order valence-electron chi connectivity index (χ1n) is 11.8. The number of amides is 1. The van der Waals surface area contributed by atoms with Crippen molar-refractivity contribution in [2.45, 2.75) is 19.9 Å². The van der Waals surface area contributed by atoms with Crippen molar-refractivity contribution < 1.29 is 14.3 Å². The number of hydrogen-bond acceptors (Lipinski definition) is 7. The van der Waals surface area contributed by atoms with Gasteiger partial charge in [0.25, 0.3) is 5.91 Å². The van der Waals surface area contributed by atoms with Crippen LogP contribution in [-0.4, -0.2) is 79.3 Å². The summed E-state index contributed by atoms with van der Waals surface area (Å²) in [5.74, 6) is 1.97. The lowest BCUT2D eigenvalue weighted by Crippen LogP contribution is -2.36. The van der Waals surface area contributed by atoms with Gasteiger partial charge in [-0.2, -0.15) is 16.9 Å². The summed E-state index contributed by atoms with van der Waals surface area (Å²) in [6.45, 7) is 5.96. The second-order valence-electron chi connectivity index (χ2n) is 8.52. The maximum absolute atomic E-state index is 13.1. The van der Waals surface area contributed by atoms with Crippen molar-refractivity contribution in [3.63, 3.8) is 0 Å². The minimum Gasteiger partial charge on any atom is -0.465 e. The number of carbonyl (C=O) groups is 2. The van der Waals surface area contributed by atoms with Gasteiger partial charge in [0.15, 0.2) is 0 Å². The van der Waals surface area contributed by atoms with Crippen LogP contribution in [0.3, 0.4) is 0 Å². The van der Waals surface area contributed by atoms with Crippen molar-refractivity contribution in [3.8, 4) is 0 Å². The summed E-state index contributed by atoms with van der Waals surface area (Å²) in [7, 11) is 1.80. The maximum Gasteiger partial charge on any atom is 0.320 e. The monoisotopic (exact) mass is 480 g/mol. The summed E-state index contributed by atoms with van der Waals surface area (Å²) in [6.07, 6.45) is 2.74. The summed E-state index contributed by atoms with van der Waals surface area (Å²) in [6, 6.07) is 13.7. The SMILES string of the molecule is CCOC(=O)CN1CCc2ccc(N(C)C(=O)c3ccc(C=NN4CCSCC4)cc3)cc2C1. The Bertz CT molecular complexity index is 1030. The van der Waals surface area contributed by atoms with Crippen LogP contribution in [0.25, 0.3) is 0 Å². The van der Waals surface area contributed by atoms with Crippen molar-refractivity contribution in [3.05, 3.63) is 64.7 Å². The molecule has 34 heavy (non-hydrogen) atoms. The third-order valence-electron chi connectivity index (χ3n) is 6.15. The smallest absolute Gasteiger partial charge is 0.320 e. The van der Waals surface area contributed by atoms with E-state index in [0.717, 1.165) is 54.4 Å². The molecule has 2 aromatic carbocycles. The van der Waals surface area contributed by atoms with Gasteiger partial charge in [-0.05, 0) is 54.3 Å². The highest BCUT2D eigenvalue weighted by atomic mass is 32.2. The summed E-state index contributed by atoms with van der Waals surface area (Å²) < 4.78 is 5.08. The lowest BCUT2D eigenvalue weighted by atomic mass is 9.98. The summed E-state index contributed by atoms with van der Waals surface area (Å²) >= 11 is 1.96. The molecule has 2 aliphatic rings. The zero-order valence-electron chi connectivity index (χ0n) is 19.9. The Hall–Kier alpha value is -2.84. The number of fused-ring (bicyclic) bond motifs is 1. The van der Waals surface area contributed by atoms with E-state index in [1.54, 1.807) is 11.9 Å². The summed E-state index contributed by atoms with van der Waals surface area (Å²) in [5, 5.41) is 6.64. The minimum absolute atomic E-state index is 0.0596. The normalized spacial score (nSPS) is 16.4. The van der Waals surface area contributed by atoms with E-state index in [1.165, 1.54) is 5.56 Å². The Morgan fingerprint density at radius 1 is 1.09 bits per heavy atom. The highest BCUT2D eigenvalue weighted by Crippen LogP contribution is 2.25. The molecule has 0 radical (unpaired) electrons. The standard InChI is InChI=1S/C26H32N4O3S/c1-3-33-25(31)19-29-11-10-21-8-9-24(16-23(21)18-29)28(2)26(32)22-6-4-20(5-7-22)17-27-30-12-14-34-15-13-30/h4-9,16-17H,3,10-15,18-19H2,1-2H3. The Morgan fingerprint density at radius 3 is 2.59 bits per heavy atom. The molecule has 1 fully saturated rings. The zero-order chi connectivity index (χ0) is 23.9. The molecule has 1 amide bonds. The molecule has 0 N–H and O–H groups in total. The van der Waals surface area contributed by atoms with Crippen LogP contribution < -0.4 is 4.90 Å². The van der Waals surface area contributed by atoms with Crippen LogP contribution in [0.4, 0.5) is 5.69 Å². The van der Waals surface area contributed by atoms with Gasteiger partial charge in [0.2, 0.25) is 0 Å². The molecule has 2 aromatic rings. The molecule has 4 rings (SSSR count). The van der Waals surface area contributed by atoms with E-state index in [9.17, 15) is 9.59 Å². The number of carbonyl (C=O) groups excluding carboxylic acids is 2. The fraction of sp³-hybridized carbons (Fsp3) is 0.423. The quantitative estimate of drug-likeness (QED) is 0.448. The first-order valence-corrected chi connectivity index (χ1v) is 12.9. The van der Waals surface area contributed by atoms with Crippen molar-refractivity contribution in [2.24, 2.45) is 5.10 Å². The van der Waals surface area contributed by atoms with Crippen molar-refractivity contribution >= 4 is 35.5 Å². The molecule has 7 nitrogen and oxygen atoms in total. The van der Waals surface area contributed by atoms with Crippen molar-refractivity contribution in [2.75, 3.05) is 56.2 Å². The molecule has 0 spiro atoms. The van der Waals surface area contributed by atoms with Crippen LogP contribution in [-0.2, 0) is 22.5 Å². The van der Waals surface area contributed by atoms with E-state index < -0.39 is 0 Å². The van der Waals surface area contributed by atoms with E-state index in [-0.39, 0.29) is 11.9 Å². The Kier molecular flexibility index (Phi) is 8.24. The fourth-order valence-electron chi connectivity index (χ4n) is 4.17. The molecule has 0 saturated carbocycles. The number of thioether (sulfide) groups is 1. The molecule has 0 bridgehead atoms. The number of esters is 1. The molecule has 0 unspecified atom stereocenters. The Balaban J connectivity index is 1.39. The van der Waals surface area contributed by atoms with Gasteiger partial charge in [-0.25, -0.2) is 0 Å². The van der Waals surface area contributed by atoms with Crippen LogP contribution in [0.2, 0.25) is 0 Å². The lowest BCUT2D eigenvalue weighted by molar-refractivity contribution is -0.144. The third-order valence-corrected chi connectivity index (χ3v) is 7.09. The minimum atomic E-state index is -0.196. The molecule has 1 saturated heterocycles. The molecule has 2 aliphatic heterocycles. The molecule has 0 aliphatic carbocycles. The molecular formula is C26H32N4O3S. The van der Waals surface area contributed by atoms with Gasteiger partial charge in [0.05, 0.1) is 19.4 Å². The molecule has 0 atom stereocenters. The molecule has 2 heterocycles. The predicted molar refractivity (Wildman–Crippen MR) is 138 cm³/mol. The van der Waals surface area contributed by atoms with Gasteiger partial charge < -0.3 is 9.64 Å². The first kappa shape index (κ1) is 24.3. The number of nitrogens with zero attached hydrogens (tertiary/aromatic N) is 4. The maximum atomic E-state index is 13.1. The second kappa shape index (κ2) is 11.5. The van der Waals surface area contributed by atoms with E-state index in [1.807, 2.05) is 55.2 Å². The van der Waals surface area contributed by atoms with Crippen LogP contribution in [0.1, 0.15) is 34.0 Å². The van der Waals surface area contributed by atoms with Crippen LogP contribution in [0, 0.1) is 0 Å². The van der Waals surface area contributed by atoms with Gasteiger partial charge in [0.1, 0.15) is 0 Å². The zero-order valence-corrected chi connectivity index (χ0v) is 20.7. The van der Waals surface area contributed by atoms with E-state index in [0.29, 0.717) is 25.3 Å². The summed E-state index contributed by atoms with van der Waals surface area (Å²) in [4.78, 5) is 28.8. The number of ether oxygens (including phenoxy) is 1. The van der Waals surface area contributed by atoms with Gasteiger partial charge in [-0.15, -0.1) is 0 Å². The van der Waals surface area contributed by atoms with Crippen molar-refractivity contribution in [1.29, 1.82) is 0 Å². The highest BCUT2D eigenvalue weighted by molar-refractivity contribution is 7.99. The predicted octanol–water partition coefficient (Wildman–Crippen LogP) is 3.27. The molecule has 0 aromatic heterocycles. The Labute approximate surface area is 205 Å². The van der Waals surface area contributed by atoms with Gasteiger partial charge in [-0.3, -0.25) is 19.5 Å². The van der Waals surface area contributed by atoms with Crippen molar-refractivity contribution in [1.82, 2.24) is 9.91 Å². The number of rotatable bonds is 7. The van der Waals surface area contributed by atoms with Crippen LogP contribution in [0.15, 0.2) is 47.6 Å². The summed E-state index contributed by atoms with van der Waals surface area (Å²) in [5.41, 5.74) is 4.87. The lowest BCUT2D eigenvalue weighted by Gasteiger charge is -2.29. The van der Waals surface area contributed by atoms with E-state index in [2.05, 4.69) is 27.1 Å². The van der Waals surface area contributed by atoms with E-state index >= 15 is 0 Å². The van der Waals surface area contributed by atoms with Gasteiger partial charge in [-0.1, -0.05) is 18.2 Å². The number of hydrazone groups is 1. The molecular weight excluding hydrogens is 448 g/mol. The number of anilines is 1. The topological polar surface area (TPSA) is 65.5 Å². The van der Waals surface area contributed by atoms with Crippen LogP contribution >= 0.6 is 11.8 Å². The average molecular weight is 481 g/mol. The second-order valence-corrected chi connectivity index (χ2v) is 9.74. The largest absolute Gasteiger partial charge is 0.465 e. The number of hydrogen-bond donors (Lipinski definition) is 0. The third kappa shape index (κ3) is 6.18. The fourth-order valence-corrected chi connectivity index (χ4v) is 5.06. The van der Waals surface area contributed by atoms with Crippen LogP contribution in [0.5, 0.6) is 0 Å². The molecule has 8 heteroatoms. The number of benzene rings is 2. The highest BCUT2D eigenvalue weighted by Gasteiger charge is 2.21. The van der Waals surface area contributed by atoms with E-state index in [4.69, 9.17) is 4.74 Å². The first-order chi connectivity index (χ1) is 16.5. The molecule has 180 valence electrons. The Morgan fingerprint density at radius 2 is 1.85 bits per heavy atom. The van der Waals surface area contributed by atoms with Gasteiger partial charge in [0, 0.05) is 56.0 Å².